The van der Waals surface area contributed by atoms with Crippen LogP contribution in [0.25, 0.3) is 0 Å². The lowest BCUT2D eigenvalue weighted by molar-refractivity contribution is 0.241. The van der Waals surface area contributed by atoms with Gasteiger partial charge in [-0.25, -0.2) is 8.99 Å². The van der Waals surface area contributed by atoms with E-state index >= 15 is 0 Å². The van der Waals surface area contributed by atoms with Gasteiger partial charge < -0.3 is 0 Å². The van der Waals surface area contributed by atoms with E-state index in [2.05, 4.69) is 4.98 Å². The Balaban J connectivity index is 3.23. The van der Waals surface area contributed by atoms with E-state index in [0.717, 1.165) is 0 Å². The Bertz CT molecular complexity index is 443. The molecule has 1 unspecified atom stereocenters. The summed E-state index contributed by atoms with van der Waals surface area (Å²) >= 11 is 0. The maximum Gasteiger partial charge on any atom is 0.323 e. The van der Waals surface area contributed by atoms with Gasteiger partial charge >= 0.3 is 5.76 Å². The zero-order valence-corrected chi connectivity index (χ0v) is 9.22. The molecule has 0 bridgehead atoms. The second kappa shape index (κ2) is 4.22. The molecular formula is C9H12F2N2OS. The van der Waals surface area contributed by atoms with Gasteiger partial charge in [-0.15, -0.1) is 0 Å². The molecule has 1 atom stereocenters. The van der Waals surface area contributed by atoms with E-state index in [0.29, 0.717) is 5.69 Å². The van der Waals surface area contributed by atoms with Crippen molar-refractivity contribution in [2.45, 2.75) is 30.4 Å². The van der Waals surface area contributed by atoms with Crippen molar-refractivity contribution < 1.29 is 13.0 Å². The fourth-order valence-corrected chi connectivity index (χ4v) is 1.80. The van der Waals surface area contributed by atoms with Crippen LogP contribution in [0, 0.1) is 4.78 Å². The molecule has 0 saturated carbocycles. The van der Waals surface area contributed by atoms with E-state index in [1.165, 1.54) is 18.3 Å². The third-order valence-electron chi connectivity index (χ3n) is 1.95. The number of nitrogens with zero attached hydrogens (tertiary/aromatic N) is 1. The van der Waals surface area contributed by atoms with Crippen LogP contribution in [0.3, 0.4) is 0 Å². The third-order valence-corrected chi connectivity index (χ3v) is 3.40. The van der Waals surface area contributed by atoms with Gasteiger partial charge in [-0.05, 0) is 18.1 Å². The summed E-state index contributed by atoms with van der Waals surface area (Å²) in [6.07, 6.45) is 1.31. The Morgan fingerprint density at radius 1 is 1.47 bits per heavy atom. The van der Waals surface area contributed by atoms with Crippen molar-refractivity contribution >= 4 is 9.73 Å². The highest BCUT2D eigenvalue weighted by atomic mass is 32.2. The zero-order chi connectivity index (χ0) is 11.6. The molecule has 0 spiro atoms. The number of aromatic nitrogens is 1. The smallest absolute Gasteiger partial charge is 0.261 e. The lowest BCUT2D eigenvalue weighted by Crippen LogP contribution is -2.10. The highest BCUT2D eigenvalue weighted by Crippen LogP contribution is 2.21. The van der Waals surface area contributed by atoms with Crippen molar-refractivity contribution in [1.82, 2.24) is 4.98 Å². The first-order chi connectivity index (χ1) is 6.85. The Morgan fingerprint density at radius 2 is 2.07 bits per heavy atom. The summed E-state index contributed by atoms with van der Waals surface area (Å²) in [6.45, 7) is 3.69. The van der Waals surface area contributed by atoms with Crippen LogP contribution in [-0.4, -0.2) is 15.0 Å². The van der Waals surface area contributed by atoms with Gasteiger partial charge in [-0.3, -0.25) is 4.98 Å². The van der Waals surface area contributed by atoms with E-state index in [9.17, 15) is 13.0 Å². The lowest BCUT2D eigenvalue weighted by Gasteiger charge is -2.09. The Morgan fingerprint density at radius 3 is 2.53 bits per heavy atom. The summed E-state index contributed by atoms with van der Waals surface area (Å²) in [5.41, 5.74) is 0.563. The molecule has 1 heterocycles. The predicted octanol–water partition coefficient (Wildman–Crippen LogP) is 2.83. The van der Waals surface area contributed by atoms with Gasteiger partial charge in [0.2, 0.25) is 0 Å². The predicted molar refractivity (Wildman–Crippen MR) is 53.5 cm³/mol. The number of hydrogen-bond acceptors (Lipinski definition) is 3. The van der Waals surface area contributed by atoms with Gasteiger partial charge in [-0.1, -0.05) is 13.8 Å². The highest BCUT2D eigenvalue weighted by Gasteiger charge is 2.22. The van der Waals surface area contributed by atoms with Crippen molar-refractivity contribution in [2.75, 3.05) is 0 Å². The summed E-state index contributed by atoms with van der Waals surface area (Å²) in [7, 11) is -4.01. The summed E-state index contributed by atoms with van der Waals surface area (Å²) in [4.78, 5) is 3.80. The lowest BCUT2D eigenvalue weighted by atomic mass is 10.1. The summed E-state index contributed by atoms with van der Waals surface area (Å²) in [6, 6.07) is 2.51. The van der Waals surface area contributed by atoms with Crippen LogP contribution < -0.4 is 0 Å². The zero-order valence-electron chi connectivity index (χ0n) is 8.41. The normalized spacial score (nSPS) is 15.6. The monoisotopic (exact) mass is 234 g/mol. The Labute approximate surface area is 87.5 Å². The van der Waals surface area contributed by atoms with Crippen LogP contribution in [0.2, 0.25) is 0 Å². The molecule has 15 heavy (non-hydrogen) atoms. The standard InChI is InChI=1S/C9H12F2N2OS/c1-6(2)8-5-7(3-4-13-8)15(12,14)9(10)11/h3-6,9,12H,1-2H3. The van der Waals surface area contributed by atoms with Crippen LogP contribution in [0.4, 0.5) is 8.78 Å². The van der Waals surface area contributed by atoms with Crippen LogP contribution in [0.1, 0.15) is 25.5 Å². The molecular weight excluding hydrogens is 222 g/mol. The van der Waals surface area contributed by atoms with Gasteiger partial charge in [0.05, 0.1) is 4.90 Å². The average molecular weight is 234 g/mol. The number of nitrogens with one attached hydrogen (secondary N) is 1. The fraction of sp³-hybridized carbons (Fsp3) is 0.444. The molecule has 0 amide bonds. The number of hydrogen-bond donors (Lipinski definition) is 1. The number of alkyl halides is 2. The molecule has 6 heteroatoms. The first-order valence-electron chi connectivity index (χ1n) is 4.37. The van der Waals surface area contributed by atoms with E-state index in [4.69, 9.17) is 4.78 Å². The third kappa shape index (κ3) is 2.50. The van der Waals surface area contributed by atoms with E-state index in [-0.39, 0.29) is 10.8 Å². The summed E-state index contributed by atoms with van der Waals surface area (Å²) < 4.78 is 43.2. The molecule has 1 aromatic heterocycles. The maximum absolute atomic E-state index is 12.3. The molecule has 0 aliphatic heterocycles. The van der Waals surface area contributed by atoms with Crippen molar-refractivity contribution in [3.05, 3.63) is 24.0 Å². The van der Waals surface area contributed by atoms with Crippen molar-refractivity contribution in [2.24, 2.45) is 0 Å². The molecule has 3 nitrogen and oxygen atoms in total. The van der Waals surface area contributed by atoms with Gasteiger partial charge in [0.15, 0.2) is 0 Å². The molecule has 0 aromatic carbocycles. The first kappa shape index (κ1) is 12.0. The van der Waals surface area contributed by atoms with E-state index in [1.54, 1.807) is 0 Å². The van der Waals surface area contributed by atoms with Crippen molar-refractivity contribution in [3.8, 4) is 0 Å². The van der Waals surface area contributed by atoms with Gasteiger partial charge in [0.1, 0.15) is 9.73 Å². The molecule has 1 rings (SSSR count). The highest BCUT2D eigenvalue weighted by molar-refractivity contribution is 7.92. The van der Waals surface area contributed by atoms with Crippen molar-refractivity contribution in [1.29, 1.82) is 4.78 Å². The van der Waals surface area contributed by atoms with E-state index in [1.807, 2.05) is 13.8 Å². The van der Waals surface area contributed by atoms with Gasteiger partial charge in [0.25, 0.3) is 0 Å². The maximum atomic E-state index is 12.3. The second-order valence-corrected chi connectivity index (χ2v) is 5.46. The van der Waals surface area contributed by atoms with Crippen LogP contribution in [0.5, 0.6) is 0 Å². The number of halogens is 2. The fourth-order valence-electron chi connectivity index (χ4n) is 1.04. The average Bonchev–Trinajstić information content (AvgIpc) is 2.17. The molecule has 0 radical (unpaired) electrons. The minimum atomic E-state index is -4.01. The molecule has 0 aliphatic rings. The SMILES string of the molecule is CC(C)c1cc(S(=N)(=O)C(F)F)ccn1. The topological polar surface area (TPSA) is 53.8 Å². The minimum Gasteiger partial charge on any atom is -0.261 e. The molecule has 1 aromatic rings. The van der Waals surface area contributed by atoms with Gasteiger partial charge in [0, 0.05) is 11.9 Å². The molecule has 84 valence electrons. The Hall–Kier alpha value is -1.04. The van der Waals surface area contributed by atoms with Crippen LogP contribution >= 0.6 is 0 Å². The molecule has 0 aliphatic carbocycles. The summed E-state index contributed by atoms with van der Waals surface area (Å²) in [5, 5.41) is 0. The number of rotatable bonds is 3. The quantitative estimate of drug-likeness (QED) is 0.874. The van der Waals surface area contributed by atoms with Crippen molar-refractivity contribution in [3.63, 3.8) is 0 Å². The molecule has 1 N–H and O–H groups in total. The summed E-state index contributed by atoms with van der Waals surface area (Å²) in [5.74, 6) is -3.11. The minimum absolute atomic E-state index is 0.0535. The van der Waals surface area contributed by atoms with Gasteiger partial charge in [-0.2, -0.15) is 8.78 Å². The number of pyridine rings is 1. The van der Waals surface area contributed by atoms with Crippen LogP contribution in [-0.2, 0) is 9.73 Å². The van der Waals surface area contributed by atoms with Crippen LogP contribution in [0.15, 0.2) is 23.2 Å². The molecule has 0 saturated heterocycles. The first-order valence-corrected chi connectivity index (χ1v) is 5.99. The Kier molecular flexibility index (Phi) is 3.38. The second-order valence-electron chi connectivity index (χ2n) is 3.43. The largest absolute Gasteiger partial charge is 0.323 e. The van der Waals surface area contributed by atoms with E-state index < -0.39 is 15.5 Å². The molecule has 0 fully saturated rings.